The van der Waals surface area contributed by atoms with Crippen molar-refractivity contribution in [3.05, 3.63) is 22.7 Å². The highest BCUT2D eigenvalue weighted by atomic mass is 16.3. The zero-order chi connectivity index (χ0) is 12.8. The average Bonchev–Trinajstić information content (AvgIpc) is 2.30. The van der Waals surface area contributed by atoms with Gasteiger partial charge in [0.1, 0.15) is 0 Å². The second-order valence-corrected chi connectivity index (χ2v) is 4.37. The van der Waals surface area contributed by atoms with E-state index in [1.165, 1.54) is 0 Å². The zero-order valence-corrected chi connectivity index (χ0v) is 10.7. The highest BCUT2D eigenvalue weighted by Crippen LogP contribution is 2.10. The standard InChI is InChI=1S/C12H21N3O2/c1-4-15-7-6-13-11(12(15)17)14-10(5-8-16)9(2)3/h6-7,9-10,16H,4-5,8H2,1-3H3,(H,13,14). The fourth-order valence-corrected chi connectivity index (χ4v) is 1.68. The smallest absolute Gasteiger partial charge is 0.293 e. The quantitative estimate of drug-likeness (QED) is 0.779. The number of nitrogens with zero attached hydrogens (tertiary/aromatic N) is 2. The Labute approximate surface area is 102 Å². The lowest BCUT2D eigenvalue weighted by Gasteiger charge is -2.21. The molecule has 1 rings (SSSR count). The maximum absolute atomic E-state index is 11.9. The number of anilines is 1. The van der Waals surface area contributed by atoms with Crippen LogP contribution in [0.3, 0.4) is 0 Å². The third kappa shape index (κ3) is 3.56. The molecule has 5 nitrogen and oxygen atoms in total. The van der Waals surface area contributed by atoms with Gasteiger partial charge in [0.05, 0.1) is 0 Å². The molecule has 0 saturated carbocycles. The van der Waals surface area contributed by atoms with Gasteiger partial charge in [-0.3, -0.25) is 4.79 Å². The molecule has 0 aliphatic heterocycles. The summed E-state index contributed by atoms with van der Waals surface area (Å²) in [6.07, 6.45) is 3.90. The average molecular weight is 239 g/mol. The zero-order valence-electron chi connectivity index (χ0n) is 10.7. The van der Waals surface area contributed by atoms with Crippen LogP contribution in [-0.4, -0.2) is 27.3 Å². The molecular formula is C12H21N3O2. The van der Waals surface area contributed by atoms with Crippen molar-refractivity contribution >= 4 is 5.82 Å². The maximum Gasteiger partial charge on any atom is 0.293 e. The van der Waals surface area contributed by atoms with Crippen LogP contribution in [0.1, 0.15) is 27.2 Å². The van der Waals surface area contributed by atoms with E-state index >= 15 is 0 Å². The number of rotatable bonds is 6. The molecule has 1 aromatic rings. The summed E-state index contributed by atoms with van der Waals surface area (Å²) in [5.74, 6) is 0.695. The summed E-state index contributed by atoms with van der Waals surface area (Å²) in [5.41, 5.74) is -0.112. The van der Waals surface area contributed by atoms with E-state index in [9.17, 15) is 4.79 Å². The maximum atomic E-state index is 11.9. The molecule has 0 aromatic carbocycles. The molecule has 0 radical (unpaired) electrons. The molecule has 17 heavy (non-hydrogen) atoms. The minimum Gasteiger partial charge on any atom is -0.396 e. The van der Waals surface area contributed by atoms with Gasteiger partial charge in [0.15, 0.2) is 5.82 Å². The summed E-state index contributed by atoms with van der Waals surface area (Å²) in [7, 11) is 0. The topological polar surface area (TPSA) is 67.2 Å². The van der Waals surface area contributed by atoms with Crippen molar-refractivity contribution in [2.75, 3.05) is 11.9 Å². The summed E-state index contributed by atoms with van der Waals surface area (Å²) in [6, 6.07) is 0.0629. The number of aromatic nitrogens is 2. The lowest BCUT2D eigenvalue weighted by atomic mass is 10.0. The van der Waals surface area contributed by atoms with E-state index < -0.39 is 0 Å². The van der Waals surface area contributed by atoms with Crippen LogP contribution in [0.5, 0.6) is 0 Å². The van der Waals surface area contributed by atoms with Crippen molar-refractivity contribution in [1.82, 2.24) is 9.55 Å². The number of aliphatic hydroxyl groups excluding tert-OH is 1. The molecule has 1 unspecified atom stereocenters. The third-order valence-electron chi connectivity index (χ3n) is 2.82. The van der Waals surface area contributed by atoms with Gasteiger partial charge in [-0.15, -0.1) is 0 Å². The number of hydrogen-bond donors (Lipinski definition) is 2. The Balaban J connectivity index is 2.89. The minimum atomic E-state index is -0.112. The first kappa shape index (κ1) is 13.7. The lowest BCUT2D eigenvalue weighted by molar-refractivity contribution is 0.267. The van der Waals surface area contributed by atoms with Crippen LogP contribution < -0.4 is 10.9 Å². The summed E-state index contributed by atoms with van der Waals surface area (Å²) in [6.45, 7) is 6.75. The van der Waals surface area contributed by atoms with Gasteiger partial charge < -0.3 is 15.0 Å². The molecule has 96 valence electrons. The second-order valence-electron chi connectivity index (χ2n) is 4.37. The Hall–Kier alpha value is -1.36. The Morgan fingerprint density at radius 2 is 2.24 bits per heavy atom. The van der Waals surface area contributed by atoms with E-state index in [0.717, 1.165) is 0 Å². The van der Waals surface area contributed by atoms with Gasteiger partial charge in [0.25, 0.3) is 5.56 Å². The lowest BCUT2D eigenvalue weighted by Crippen LogP contribution is -2.32. The van der Waals surface area contributed by atoms with Gasteiger partial charge in [-0.25, -0.2) is 4.98 Å². The number of nitrogens with one attached hydrogen (secondary N) is 1. The highest BCUT2D eigenvalue weighted by Gasteiger charge is 2.15. The normalized spacial score (nSPS) is 12.8. The van der Waals surface area contributed by atoms with Crippen molar-refractivity contribution < 1.29 is 5.11 Å². The Morgan fingerprint density at radius 1 is 1.53 bits per heavy atom. The van der Waals surface area contributed by atoms with Gasteiger partial charge in [0.2, 0.25) is 0 Å². The van der Waals surface area contributed by atoms with Crippen LogP contribution in [0.2, 0.25) is 0 Å². The molecule has 2 N–H and O–H groups in total. The van der Waals surface area contributed by atoms with Crippen LogP contribution >= 0.6 is 0 Å². The van der Waals surface area contributed by atoms with E-state index in [0.29, 0.717) is 24.7 Å². The van der Waals surface area contributed by atoms with Gasteiger partial charge in [-0.05, 0) is 19.3 Å². The number of hydrogen-bond acceptors (Lipinski definition) is 4. The fraction of sp³-hybridized carbons (Fsp3) is 0.667. The van der Waals surface area contributed by atoms with E-state index in [4.69, 9.17) is 5.11 Å². The molecular weight excluding hydrogens is 218 g/mol. The first-order valence-corrected chi connectivity index (χ1v) is 6.03. The first-order valence-electron chi connectivity index (χ1n) is 6.03. The summed E-state index contributed by atoms with van der Waals surface area (Å²) < 4.78 is 1.60. The van der Waals surface area contributed by atoms with Crippen LogP contribution in [0.25, 0.3) is 0 Å². The van der Waals surface area contributed by atoms with Gasteiger partial charge in [-0.2, -0.15) is 0 Å². The third-order valence-corrected chi connectivity index (χ3v) is 2.82. The van der Waals surface area contributed by atoms with E-state index in [1.807, 2.05) is 6.92 Å². The predicted octanol–water partition coefficient (Wildman–Crippen LogP) is 1.08. The minimum absolute atomic E-state index is 0.0629. The molecule has 1 atom stereocenters. The van der Waals surface area contributed by atoms with Crippen LogP contribution in [0.15, 0.2) is 17.2 Å². The molecule has 0 fully saturated rings. The Bertz CT molecular complexity index is 401. The van der Waals surface area contributed by atoms with E-state index in [-0.39, 0.29) is 18.2 Å². The summed E-state index contributed by atoms with van der Waals surface area (Å²) >= 11 is 0. The van der Waals surface area contributed by atoms with Crippen molar-refractivity contribution in [3.8, 4) is 0 Å². The van der Waals surface area contributed by atoms with Crippen molar-refractivity contribution in [1.29, 1.82) is 0 Å². The Morgan fingerprint density at radius 3 is 2.76 bits per heavy atom. The van der Waals surface area contributed by atoms with Crippen molar-refractivity contribution in [2.24, 2.45) is 5.92 Å². The fourth-order valence-electron chi connectivity index (χ4n) is 1.68. The molecule has 0 aliphatic rings. The molecule has 1 heterocycles. The van der Waals surface area contributed by atoms with E-state index in [2.05, 4.69) is 24.1 Å². The van der Waals surface area contributed by atoms with Crippen LogP contribution in [0.4, 0.5) is 5.82 Å². The second kappa shape index (κ2) is 6.39. The van der Waals surface area contributed by atoms with E-state index in [1.54, 1.807) is 17.0 Å². The van der Waals surface area contributed by atoms with Gasteiger partial charge in [0, 0.05) is 31.6 Å². The molecule has 0 saturated heterocycles. The number of aryl methyl sites for hydroxylation is 1. The Kier molecular flexibility index (Phi) is 5.15. The molecule has 5 heteroatoms. The predicted molar refractivity (Wildman–Crippen MR) is 68.1 cm³/mol. The van der Waals surface area contributed by atoms with Crippen molar-refractivity contribution in [3.63, 3.8) is 0 Å². The molecule has 0 amide bonds. The highest BCUT2D eigenvalue weighted by molar-refractivity contribution is 5.32. The van der Waals surface area contributed by atoms with Crippen LogP contribution in [0, 0.1) is 5.92 Å². The van der Waals surface area contributed by atoms with Gasteiger partial charge in [-0.1, -0.05) is 13.8 Å². The molecule has 1 aromatic heterocycles. The largest absolute Gasteiger partial charge is 0.396 e. The monoisotopic (exact) mass is 239 g/mol. The molecule has 0 bridgehead atoms. The summed E-state index contributed by atoms with van der Waals surface area (Å²) in [4.78, 5) is 16.0. The van der Waals surface area contributed by atoms with Crippen LogP contribution in [-0.2, 0) is 6.54 Å². The van der Waals surface area contributed by atoms with Gasteiger partial charge >= 0.3 is 0 Å². The number of aliphatic hydroxyl groups is 1. The SMILES string of the molecule is CCn1ccnc(NC(CCO)C(C)C)c1=O. The van der Waals surface area contributed by atoms with Crippen molar-refractivity contribution in [2.45, 2.75) is 39.8 Å². The summed E-state index contributed by atoms with van der Waals surface area (Å²) in [5, 5.41) is 12.1. The first-order chi connectivity index (χ1) is 8.10. The molecule has 0 spiro atoms. The molecule has 0 aliphatic carbocycles.